The minimum absolute atomic E-state index is 0.117. The summed E-state index contributed by atoms with van der Waals surface area (Å²) < 4.78 is 27.5. The average Bonchev–Trinajstić information content (AvgIpc) is 2.49. The smallest absolute Gasteiger partial charge is 0.240 e. The maximum absolute atomic E-state index is 12.4. The van der Waals surface area contributed by atoms with Crippen molar-refractivity contribution in [2.24, 2.45) is 0 Å². The molecule has 1 fully saturated rings. The Hall–Kier alpha value is -1.11. The number of rotatable bonds is 4. The first kappa shape index (κ1) is 17.2. The van der Waals surface area contributed by atoms with Crippen LogP contribution >= 0.6 is 11.6 Å². The van der Waals surface area contributed by atoms with Gasteiger partial charge in [0.15, 0.2) is 0 Å². The highest BCUT2D eigenvalue weighted by molar-refractivity contribution is 7.89. The predicted octanol–water partition coefficient (Wildman–Crippen LogP) is 2.33. The number of halogens is 1. The van der Waals surface area contributed by atoms with Gasteiger partial charge in [0, 0.05) is 30.6 Å². The highest BCUT2D eigenvalue weighted by Gasteiger charge is 2.26. The molecule has 5 nitrogen and oxygen atoms in total. The van der Waals surface area contributed by atoms with Crippen molar-refractivity contribution in [1.82, 2.24) is 9.62 Å². The van der Waals surface area contributed by atoms with Crippen molar-refractivity contribution in [1.29, 1.82) is 0 Å². The van der Waals surface area contributed by atoms with E-state index < -0.39 is 10.0 Å². The number of nitrogens with zero attached hydrogens (tertiary/aromatic N) is 1. The Morgan fingerprint density at radius 2 is 2.00 bits per heavy atom. The lowest BCUT2D eigenvalue weighted by molar-refractivity contribution is -0.131. The minimum Gasteiger partial charge on any atom is -0.343 e. The Balaban J connectivity index is 2.01. The number of hydrogen-bond acceptors (Lipinski definition) is 3. The molecule has 0 unspecified atom stereocenters. The summed E-state index contributed by atoms with van der Waals surface area (Å²) in [7, 11) is -3.58. The fourth-order valence-corrected chi connectivity index (χ4v) is 4.07. The van der Waals surface area contributed by atoms with Crippen LogP contribution in [0.2, 0.25) is 5.02 Å². The molecule has 0 spiro atoms. The molecule has 1 aliphatic rings. The molecule has 0 saturated carbocycles. The topological polar surface area (TPSA) is 66.5 Å². The van der Waals surface area contributed by atoms with Gasteiger partial charge in [0.1, 0.15) is 0 Å². The van der Waals surface area contributed by atoms with Crippen LogP contribution in [0.1, 0.15) is 31.7 Å². The van der Waals surface area contributed by atoms with Crippen LogP contribution in [0, 0.1) is 6.92 Å². The third-order valence-corrected chi connectivity index (χ3v) is 5.85. The third kappa shape index (κ3) is 4.00. The first-order valence-corrected chi connectivity index (χ1v) is 9.26. The van der Waals surface area contributed by atoms with Crippen LogP contribution in [-0.2, 0) is 14.8 Å². The number of piperidine rings is 1. The number of hydrogen-bond donors (Lipinski definition) is 1. The summed E-state index contributed by atoms with van der Waals surface area (Å²) in [5, 5.41) is 0.436. The lowest BCUT2D eigenvalue weighted by Gasteiger charge is -2.32. The van der Waals surface area contributed by atoms with Crippen LogP contribution in [0.5, 0.6) is 0 Å². The Labute approximate surface area is 136 Å². The largest absolute Gasteiger partial charge is 0.343 e. The lowest BCUT2D eigenvalue weighted by atomic mass is 10.1. The summed E-state index contributed by atoms with van der Waals surface area (Å²) in [6.45, 7) is 4.84. The quantitative estimate of drug-likeness (QED) is 0.911. The highest BCUT2D eigenvalue weighted by Crippen LogP contribution is 2.21. The van der Waals surface area contributed by atoms with Gasteiger partial charge in [-0.2, -0.15) is 0 Å². The maximum Gasteiger partial charge on any atom is 0.240 e. The molecule has 1 aromatic rings. The normalized spacial score (nSPS) is 16.8. The number of likely N-dealkylation sites (tertiary alicyclic amines) is 1. The zero-order chi connectivity index (χ0) is 16.3. The van der Waals surface area contributed by atoms with Gasteiger partial charge >= 0.3 is 0 Å². The predicted molar refractivity (Wildman–Crippen MR) is 86.4 cm³/mol. The van der Waals surface area contributed by atoms with E-state index in [4.69, 9.17) is 11.6 Å². The van der Waals surface area contributed by atoms with Crippen molar-refractivity contribution in [3.8, 4) is 0 Å². The van der Waals surface area contributed by atoms with Crippen LogP contribution in [0.4, 0.5) is 0 Å². The number of aryl methyl sites for hydroxylation is 1. The number of nitrogens with one attached hydrogen (secondary N) is 1. The average molecular weight is 345 g/mol. The van der Waals surface area contributed by atoms with Gasteiger partial charge in [-0.3, -0.25) is 4.79 Å². The summed E-state index contributed by atoms with van der Waals surface area (Å²) in [5.74, 6) is 0.117. The summed E-state index contributed by atoms with van der Waals surface area (Å²) in [6.07, 6.45) is 1.74. The first-order chi connectivity index (χ1) is 10.3. The van der Waals surface area contributed by atoms with E-state index in [1.807, 2.05) is 13.8 Å². The van der Waals surface area contributed by atoms with E-state index in [1.54, 1.807) is 17.0 Å². The van der Waals surface area contributed by atoms with Crippen molar-refractivity contribution in [2.45, 2.75) is 44.0 Å². The van der Waals surface area contributed by atoms with Crippen LogP contribution in [0.25, 0.3) is 0 Å². The molecule has 0 bridgehead atoms. The Morgan fingerprint density at radius 3 is 2.55 bits per heavy atom. The van der Waals surface area contributed by atoms with Gasteiger partial charge in [0.25, 0.3) is 0 Å². The van der Waals surface area contributed by atoms with Gasteiger partial charge in [0.2, 0.25) is 15.9 Å². The lowest BCUT2D eigenvalue weighted by Crippen LogP contribution is -2.46. The van der Waals surface area contributed by atoms with Gasteiger partial charge in [-0.25, -0.2) is 13.1 Å². The molecule has 1 N–H and O–H groups in total. The van der Waals surface area contributed by atoms with E-state index >= 15 is 0 Å². The second-order valence-electron chi connectivity index (χ2n) is 5.54. The fraction of sp³-hybridized carbons (Fsp3) is 0.533. The van der Waals surface area contributed by atoms with Gasteiger partial charge < -0.3 is 4.90 Å². The number of carbonyl (C=O) groups is 1. The van der Waals surface area contributed by atoms with E-state index in [0.29, 0.717) is 37.4 Å². The summed E-state index contributed by atoms with van der Waals surface area (Å²) in [6, 6.07) is 4.57. The molecule has 22 heavy (non-hydrogen) atoms. The van der Waals surface area contributed by atoms with Crippen LogP contribution < -0.4 is 4.72 Å². The Kier molecular flexibility index (Phi) is 5.47. The van der Waals surface area contributed by atoms with Crippen molar-refractivity contribution >= 4 is 27.5 Å². The Morgan fingerprint density at radius 1 is 1.36 bits per heavy atom. The molecule has 1 aromatic carbocycles. The SMILES string of the molecule is CCC(=O)N1CCC(NS(=O)(=O)c2ccc(C)c(Cl)c2)CC1. The van der Waals surface area contributed by atoms with Gasteiger partial charge in [-0.05, 0) is 37.5 Å². The van der Waals surface area contributed by atoms with Gasteiger partial charge in [0.05, 0.1) is 4.90 Å². The monoisotopic (exact) mass is 344 g/mol. The molecule has 0 aliphatic carbocycles. The molecule has 0 atom stereocenters. The summed E-state index contributed by atoms with van der Waals surface area (Å²) in [5.41, 5.74) is 0.840. The minimum atomic E-state index is -3.58. The Bertz CT molecular complexity index is 653. The van der Waals surface area contributed by atoms with E-state index in [-0.39, 0.29) is 16.8 Å². The molecule has 2 rings (SSSR count). The molecule has 1 aliphatic heterocycles. The summed E-state index contributed by atoms with van der Waals surface area (Å²) in [4.78, 5) is 13.6. The van der Waals surface area contributed by atoms with Crippen molar-refractivity contribution in [2.75, 3.05) is 13.1 Å². The van der Waals surface area contributed by atoms with E-state index in [0.717, 1.165) is 5.56 Å². The van der Waals surface area contributed by atoms with E-state index in [2.05, 4.69) is 4.72 Å². The molecule has 0 aromatic heterocycles. The maximum atomic E-state index is 12.4. The molecule has 1 saturated heterocycles. The van der Waals surface area contributed by atoms with E-state index in [1.165, 1.54) is 6.07 Å². The molecule has 0 radical (unpaired) electrons. The number of amides is 1. The van der Waals surface area contributed by atoms with Crippen LogP contribution in [-0.4, -0.2) is 38.4 Å². The molecule has 1 amide bonds. The fourth-order valence-electron chi connectivity index (χ4n) is 2.50. The van der Waals surface area contributed by atoms with Crippen molar-refractivity contribution < 1.29 is 13.2 Å². The molecule has 1 heterocycles. The molecular formula is C15H21ClN2O3S. The van der Waals surface area contributed by atoms with Gasteiger partial charge in [-0.1, -0.05) is 24.6 Å². The number of carbonyl (C=O) groups excluding carboxylic acids is 1. The van der Waals surface area contributed by atoms with E-state index in [9.17, 15) is 13.2 Å². The van der Waals surface area contributed by atoms with Crippen LogP contribution in [0.15, 0.2) is 23.1 Å². The highest BCUT2D eigenvalue weighted by atomic mass is 35.5. The zero-order valence-electron chi connectivity index (χ0n) is 12.8. The number of benzene rings is 1. The van der Waals surface area contributed by atoms with Gasteiger partial charge in [-0.15, -0.1) is 0 Å². The van der Waals surface area contributed by atoms with Crippen molar-refractivity contribution in [3.63, 3.8) is 0 Å². The molecule has 7 heteroatoms. The first-order valence-electron chi connectivity index (χ1n) is 7.39. The zero-order valence-corrected chi connectivity index (χ0v) is 14.4. The molecular weight excluding hydrogens is 324 g/mol. The molecule has 122 valence electrons. The summed E-state index contributed by atoms with van der Waals surface area (Å²) >= 11 is 6.00. The number of sulfonamides is 1. The van der Waals surface area contributed by atoms with Crippen LogP contribution in [0.3, 0.4) is 0 Å². The third-order valence-electron chi connectivity index (χ3n) is 3.93. The standard InChI is InChI=1S/C15H21ClN2O3S/c1-3-15(19)18-8-6-12(7-9-18)17-22(20,21)13-5-4-11(2)14(16)10-13/h4-5,10,12,17H,3,6-9H2,1-2H3. The second-order valence-corrected chi connectivity index (χ2v) is 7.66. The second kappa shape index (κ2) is 6.98. The van der Waals surface area contributed by atoms with Crippen molar-refractivity contribution in [3.05, 3.63) is 28.8 Å².